The van der Waals surface area contributed by atoms with Gasteiger partial charge in [0.05, 0.1) is 30.8 Å². The fourth-order valence-corrected chi connectivity index (χ4v) is 2.81. The topological polar surface area (TPSA) is 91.4 Å². The van der Waals surface area contributed by atoms with E-state index in [9.17, 15) is 4.79 Å². The molecule has 1 heterocycles. The first-order valence-electron chi connectivity index (χ1n) is 7.73. The molecule has 0 amide bonds. The monoisotopic (exact) mass is 340 g/mol. The number of nitrogens with two attached hydrogens (primary N) is 1. The molecular weight excluding hydrogens is 320 g/mol. The molecule has 3 rings (SSSR count). The lowest BCUT2D eigenvalue weighted by molar-refractivity contribution is 0.355. The third kappa shape index (κ3) is 2.68. The van der Waals surface area contributed by atoms with E-state index in [0.29, 0.717) is 22.4 Å². The highest BCUT2D eigenvalue weighted by Crippen LogP contribution is 2.31. The van der Waals surface area contributed by atoms with E-state index in [2.05, 4.69) is 10.4 Å². The van der Waals surface area contributed by atoms with Gasteiger partial charge in [-0.2, -0.15) is 0 Å². The number of rotatable bonds is 4. The SMILES string of the molecule is COc1cc2nc(NN)n(-c3cccc(C)c3C)c(=O)c2cc1OC. The Bertz CT molecular complexity index is 1010. The molecule has 3 aromatic rings. The van der Waals surface area contributed by atoms with Crippen molar-refractivity contribution in [3.63, 3.8) is 0 Å². The van der Waals surface area contributed by atoms with Crippen molar-refractivity contribution in [1.29, 1.82) is 0 Å². The fraction of sp³-hybridized carbons (Fsp3) is 0.222. The van der Waals surface area contributed by atoms with Crippen molar-refractivity contribution < 1.29 is 9.47 Å². The second-order valence-electron chi connectivity index (χ2n) is 5.66. The molecule has 0 saturated carbocycles. The number of nitrogen functional groups attached to an aromatic ring is 1. The lowest BCUT2D eigenvalue weighted by Gasteiger charge is -2.16. The Balaban J connectivity index is 2.42. The zero-order valence-electron chi connectivity index (χ0n) is 14.6. The van der Waals surface area contributed by atoms with Crippen LogP contribution in [0.3, 0.4) is 0 Å². The van der Waals surface area contributed by atoms with E-state index < -0.39 is 0 Å². The second-order valence-corrected chi connectivity index (χ2v) is 5.66. The second kappa shape index (κ2) is 6.45. The Kier molecular flexibility index (Phi) is 4.33. The van der Waals surface area contributed by atoms with Gasteiger partial charge in [-0.25, -0.2) is 15.4 Å². The normalized spacial score (nSPS) is 10.8. The Morgan fingerprint density at radius 1 is 1.12 bits per heavy atom. The summed E-state index contributed by atoms with van der Waals surface area (Å²) in [5, 5.41) is 0.414. The van der Waals surface area contributed by atoms with Crippen molar-refractivity contribution >= 4 is 16.9 Å². The smallest absolute Gasteiger partial charge is 0.267 e. The van der Waals surface area contributed by atoms with Gasteiger partial charge in [0.15, 0.2) is 11.5 Å². The van der Waals surface area contributed by atoms with Crippen LogP contribution in [0.1, 0.15) is 11.1 Å². The van der Waals surface area contributed by atoms with Gasteiger partial charge in [-0.1, -0.05) is 12.1 Å². The molecule has 1 aromatic heterocycles. The van der Waals surface area contributed by atoms with Crippen LogP contribution in [0.15, 0.2) is 35.1 Å². The number of hydrogen-bond donors (Lipinski definition) is 2. The summed E-state index contributed by atoms with van der Waals surface area (Å²) >= 11 is 0. The van der Waals surface area contributed by atoms with Crippen molar-refractivity contribution in [3.8, 4) is 17.2 Å². The van der Waals surface area contributed by atoms with E-state index in [1.807, 2.05) is 32.0 Å². The lowest BCUT2D eigenvalue weighted by Crippen LogP contribution is -2.26. The number of aryl methyl sites for hydroxylation is 1. The number of nitrogens with one attached hydrogen (secondary N) is 1. The van der Waals surface area contributed by atoms with Crippen LogP contribution >= 0.6 is 0 Å². The maximum atomic E-state index is 13.2. The van der Waals surface area contributed by atoms with E-state index in [1.54, 1.807) is 12.1 Å². The van der Waals surface area contributed by atoms with Crippen molar-refractivity contribution in [2.45, 2.75) is 13.8 Å². The summed E-state index contributed by atoms with van der Waals surface area (Å²) in [6.07, 6.45) is 0. The van der Waals surface area contributed by atoms with Crippen LogP contribution < -0.4 is 26.3 Å². The van der Waals surface area contributed by atoms with E-state index in [-0.39, 0.29) is 11.5 Å². The van der Waals surface area contributed by atoms with E-state index in [1.165, 1.54) is 18.8 Å². The maximum Gasteiger partial charge on any atom is 0.267 e. The van der Waals surface area contributed by atoms with Crippen LogP contribution in [-0.4, -0.2) is 23.8 Å². The molecule has 0 aliphatic rings. The van der Waals surface area contributed by atoms with Gasteiger partial charge in [-0.3, -0.25) is 10.2 Å². The highest BCUT2D eigenvalue weighted by Gasteiger charge is 2.17. The summed E-state index contributed by atoms with van der Waals surface area (Å²) in [7, 11) is 3.05. The molecule has 25 heavy (non-hydrogen) atoms. The third-order valence-corrected chi connectivity index (χ3v) is 4.32. The van der Waals surface area contributed by atoms with Crippen LogP contribution in [0.5, 0.6) is 11.5 Å². The number of aromatic nitrogens is 2. The van der Waals surface area contributed by atoms with Crippen LogP contribution in [-0.2, 0) is 0 Å². The summed E-state index contributed by atoms with van der Waals surface area (Å²) in [6.45, 7) is 3.94. The van der Waals surface area contributed by atoms with E-state index in [0.717, 1.165) is 16.8 Å². The molecule has 0 spiro atoms. The minimum Gasteiger partial charge on any atom is -0.493 e. The number of methoxy groups -OCH3 is 2. The number of nitrogens with zero attached hydrogens (tertiary/aromatic N) is 2. The first-order valence-corrected chi connectivity index (χ1v) is 7.73. The Morgan fingerprint density at radius 2 is 1.80 bits per heavy atom. The molecule has 7 heteroatoms. The molecule has 130 valence electrons. The van der Waals surface area contributed by atoms with Crippen molar-refractivity contribution in [2.75, 3.05) is 19.6 Å². The Morgan fingerprint density at radius 3 is 2.44 bits per heavy atom. The first-order chi connectivity index (χ1) is 12.0. The van der Waals surface area contributed by atoms with Crippen LogP contribution in [0.4, 0.5) is 5.95 Å². The standard InChI is InChI=1S/C18H20N4O3/c1-10-6-5-7-14(11(10)2)22-17(23)12-8-15(24-3)16(25-4)9-13(12)20-18(22)21-19/h5-9H,19H2,1-4H3,(H,20,21). The molecule has 0 atom stereocenters. The van der Waals surface area contributed by atoms with Gasteiger partial charge in [0, 0.05) is 6.07 Å². The number of fused-ring (bicyclic) bond motifs is 1. The van der Waals surface area contributed by atoms with Gasteiger partial charge in [0.2, 0.25) is 5.95 Å². The molecule has 0 aliphatic heterocycles. The summed E-state index contributed by atoms with van der Waals surface area (Å²) in [4.78, 5) is 17.6. The maximum absolute atomic E-state index is 13.2. The largest absolute Gasteiger partial charge is 0.493 e. The summed E-state index contributed by atoms with van der Waals surface area (Å²) in [5.41, 5.74) is 5.51. The lowest BCUT2D eigenvalue weighted by atomic mass is 10.1. The summed E-state index contributed by atoms with van der Waals surface area (Å²) < 4.78 is 12.1. The Labute approximate surface area is 145 Å². The zero-order chi connectivity index (χ0) is 18.1. The molecular formula is C18H20N4O3. The molecule has 0 unspecified atom stereocenters. The van der Waals surface area contributed by atoms with Gasteiger partial charge >= 0.3 is 0 Å². The number of hydrogen-bond acceptors (Lipinski definition) is 6. The minimum atomic E-state index is -0.243. The predicted molar refractivity (Wildman–Crippen MR) is 97.7 cm³/mol. The Hall–Kier alpha value is -3.06. The van der Waals surface area contributed by atoms with Gasteiger partial charge in [-0.05, 0) is 37.1 Å². The van der Waals surface area contributed by atoms with Crippen LogP contribution in [0.25, 0.3) is 16.6 Å². The van der Waals surface area contributed by atoms with E-state index >= 15 is 0 Å². The molecule has 2 aromatic carbocycles. The summed E-state index contributed by atoms with van der Waals surface area (Å²) in [5.74, 6) is 6.85. The average Bonchev–Trinajstić information content (AvgIpc) is 2.63. The van der Waals surface area contributed by atoms with Crippen LogP contribution in [0, 0.1) is 13.8 Å². The molecule has 0 saturated heterocycles. The first kappa shape index (κ1) is 16.8. The fourth-order valence-electron chi connectivity index (χ4n) is 2.81. The predicted octanol–water partition coefficient (Wildman–Crippen LogP) is 2.31. The molecule has 0 fully saturated rings. The third-order valence-electron chi connectivity index (χ3n) is 4.32. The highest BCUT2D eigenvalue weighted by atomic mass is 16.5. The zero-order valence-corrected chi connectivity index (χ0v) is 14.6. The molecule has 0 radical (unpaired) electrons. The van der Waals surface area contributed by atoms with Gasteiger partial charge in [0.1, 0.15) is 0 Å². The summed E-state index contributed by atoms with van der Waals surface area (Å²) in [6, 6.07) is 9.03. The quantitative estimate of drug-likeness (QED) is 0.559. The van der Waals surface area contributed by atoms with Crippen molar-refractivity contribution in [3.05, 3.63) is 51.8 Å². The van der Waals surface area contributed by atoms with Crippen molar-refractivity contribution in [1.82, 2.24) is 9.55 Å². The number of anilines is 1. The van der Waals surface area contributed by atoms with Gasteiger partial charge in [0.25, 0.3) is 5.56 Å². The van der Waals surface area contributed by atoms with E-state index in [4.69, 9.17) is 15.3 Å². The average molecular weight is 340 g/mol. The highest BCUT2D eigenvalue weighted by molar-refractivity contribution is 5.83. The van der Waals surface area contributed by atoms with Gasteiger partial charge < -0.3 is 9.47 Å². The molecule has 0 bridgehead atoms. The number of hydrazine groups is 1. The van der Waals surface area contributed by atoms with Crippen molar-refractivity contribution in [2.24, 2.45) is 5.84 Å². The molecule has 0 aliphatic carbocycles. The van der Waals surface area contributed by atoms with Crippen LogP contribution in [0.2, 0.25) is 0 Å². The minimum absolute atomic E-state index is 0.243. The number of benzene rings is 2. The van der Waals surface area contributed by atoms with Gasteiger partial charge in [-0.15, -0.1) is 0 Å². The number of ether oxygens (including phenoxy) is 2. The molecule has 3 N–H and O–H groups in total. The molecule has 7 nitrogen and oxygen atoms in total.